The van der Waals surface area contributed by atoms with Gasteiger partial charge in [-0.2, -0.15) is 0 Å². The van der Waals surface area contributed by atoms with Crippen LogP contribution in [-0.2, 0) is 0 Å². The second-order valence-corrected chi connectivity index (χ2v) is 8.60. The number of rotatable bonds is 8. The molecule has 0 aromatic carbocycles. The molecule has 8 nitrogen and oxygen atoms in total. The van der Waals surface area contributed by atoms with E-state index in [4.69, 9.17) is 0 Å². The van der Waals surface area contributed by atoms with E-state index in [0.29, 0.717) is 26.2 Å². The van der Waals surface area contributed by atoms with Gasteiger partial charge < -0.3 is 20.4 Å². The van der Waals surface area contributed by atoms with Gasteiger partial charge in [0.05, 0.1) is 24.4 Å². The van der Waals surface area contributed by atoms with Crippen molar-refractivity contribution in [3.63, 3.8) is 0 Å². The first-order valence-corrected chi connectivity index (χ1v) is 10.8. The Balaban J connectivity index is 2.85. The van der Waals surface area contributed by atoms with E-state index in [1.54, 1.807) is 0 Å². The molecule has 0 bridgehead atoms. The molecule has 0 spiro atoms. The molecule has 0 aliphatic carbocycles. The van der Waals surface area contributed by atoms with E-state index in [2.05, 4.69) is 19.6 Å². The maximum atomic E-state index is 9.86. The van der Waals surface area contributed by atoms with Gasteiger partial charge in [0.2, 0.25) is 0 Å². The van der Waals surface area contributed by atoms with Gasteiger partial charge in [0, 0.05) is 78.5 Å². The number of hydrogen-bond acceptors (Lipinski definition) is 8. The number of aliphatic hydroxyl groups is 4. The minimum Gasteiger partial charge on any atom is -0.392 e. The maximum absolute atomic E-state index is 9.86. The Hall–Kier alpha value is -0.320. The molecule has 1 saturated heterocycles. The molecule has 1 aliphatic rings. The fraction of sp³-hybridized carbons (Fsp3) is 1.00. The van der Waals surface area contributed by atoms with Crippen LogP contribution < -0.4 is 0 Å². The van der Waals surface area contributed by atoms with Gasteiger partial charge in [-0.25, -0.2) is 0 Å². The molecule has 0 amide bonds. The van der Waals surface area contributed by atoms with Crippen LogP contribution in [0, 0.1) is 0 Å². The first kappa shape index (κ1) is 25.7. The summed E-state index contributed by atoms with van der Waals surface area (Å²) >= 11 is 0. The van der Waals surface area contributed by atoms with E-state index in [-0.39, 0.29) is 24.4 Å². The summed E-state index contributed by atoms with van der Waals surface area (Å²) in [6, 6.07) is 0. The molecule has 0 saturated carbocycles. The minimum absolute atomic E-state index is 0.384. The van der Waals surface area contributed by atoms with Gasteiger partial charge in [0.1, 0.15) is 0 Å². The van der Waals surface area contributed by atoms with E-state index in [1.165, 1.54) is 0 Å². The third kappa shape index (κ3) is 12.3. The summed E-state index contributed by atoms with van der Waals surface area (Å²) in [6.07, 6.45) is -1.54. The molecule has 1 rings (SSSR count). The van der Waals surface area contributed by atoms with Gasteiger partial charge in [0.25, 0.3) is 0 Å². The van der Waals surface area contributed by atoms with Crippen LogP contribution in [0.4, 0.5) is 0 Å². The summed E-state index contributed by atoms with van der Waals surface area (Å²) in [7, 11) is 0. The Bertz CT molecular complexity index is 308. The first-order valence-electron chi connectivity index (χ1n) is 10.8. The van der Waals surface area contributed by atoms with E-state index in [0.717, 1.165) is 52.4 Å². The van der Waals surface area contributed by atoms with Gasteiger partial charge in [-0.15, -0.1) is 0 Å². The first-order chi connectivity index (χ1) is 13.2. The largest absolute Gasteiger partial charge is 0.392 e. The average Bonchev–Trinajstić information content (AvgIpc) is 2.55. The summed E-state index contributed by atoms with van der Waals surface area (Å²) in [5.41, 5.74) is 0. The zero-order chi connectivity index (χ0) is 21.1. The molecule has 1 heterocycles. The van der Waals surface area contributed by atoms with Crippen LogP contribution in [-0.4, -0.2) is 143 Å². The molecule has 1 fully saturated rings. The predicted molar refractivity (Wildman–Crippen MR) is 112 cm³/mol. The smallest absolute Gasteiger partial charge is 0.0639 e. The van der Waals surface area contributed by atoms with Gasteiger partial charge in [-0.3, -0.25) is 19.6 Å². The molecule has 0 aromatic heterocycles. The van der Waals surface area contributed by atoms with Crippen molar-refractivity contribution in [3.05, 3.63) is 0 Å². The maximum Gasteiger partial charge on any atom is 0.0639 e. The third-order valence-electron chi connectivity index (χ3n) is 5.02. The van der Waals surface area contributed by atoms with Crippen LogP contribution in [0.25, 0.3) is 0 Å². The zero-order valence-electron chi connectivity index (χ0n) is 18.4. The molecule has 0 aromatic rings. The summed E-state index contributed by atoms with van der Waals surface area (Å²) in [5, 5.41) is 39.4. The summed E-state index contributed by atoms with van der Waals surface area (Å²) in [4.78, 5) is 9.07. The standard InChI is InChI=1S/C20H44N4O4/c1-17(25)13-21-5-7-22(14-18(2)26)9-11-24(16-20(4)28)12-10-23(8-6-21)15-19(3)27/h17-20,25-28H,5-16H2,1-4H3. The quantitative estimate of drug-likeness (QED) is 0.398. The Kier molecular flexibility index (Phi) is 12.7. The lowest BCUT2D eigenvalue weighted by Crippen LogP contribution is -2.49. The molecule has 168 valence electrons. The molecule has 4 N–H and O–H groups in total. The van der Waals surface area contributed by atoms with Crippen molar-refractivity contribution in [3.8, 4) is 0 Å². The lowest BCUT2D eigenvalue weighted by Gasteiger charge is -2.35. The van der Waals surface area contributed by atoms with E-state index in [9.17, 15) is 20.4 Å². The molecule has 8 heteroatoms. The summed E-state index contributed by atoms with van der Waals surface area (Å²) < 4.78 is 0. The fourth-order valence-electron chi connectivity index (χ4n) is 3.80. The Morgan fingerprint density at radius 1 is 0.429 bits per heavy atom. The van der Waals surface area contributed by atoms with Gasteiger partial charge in [0.15, 0.2) is 0 Å². The zero-order valence-corrected chi connectivity index (χ0v) is 18.4. The molecule has 1 aliphatic heterocycles. The predicted octanol–water partition coefficient (Wildman–Crippen LogP) is -1.27. The van der Waals surface area contributed by atoms with Crippen molar-refractivity contribution < 1.29 is 20.4 Å². The molecule has 28 heavy (non-hydrogen) atoms. The molecule has 4 unspecified atom stereocenters. The number of aliphatic hydroxyl groups excluding tert-OH is 4. The highest BCUT2D eigenvalue weighted by molar-refractivity contribution is 4.75. The van der Waals surface area contributed by atoms with Crippen molar-refractivity contribution >= 4 is 0 Å². The molecule has 4 atom stereocenters. The van der Waals surface area contributed by atoms with Crippen molar-refractivity contribution in [1.82, 2.24) is 19.6 Å². The molecular weight excluding hydrogens is 360 g/mol. The van der Waals surface area contributed by atoms with Crippen LogP contribution in [0.3, 0.4) is 0 Å². The van der Waals surface area contributed by atoms with Gasteiger partial charge >= 0.3 is 0 Å². The highest BCUT2D eigenvalue weighted by Gasteiger charge is 2.19. The molecular formula is C20H44N4O4. The van der Waals surface area contributed by atoms with Crippen LogP contribution in [0.1, 0.15) is 27.7 Å². The monoisotopic (exact) mass is 404 g/mol. The normalized spacial score (nSPS) is 24.9. The summed E-state index contributed by atoms with van der Waals surface area (Å²) in [6.45, 7) is 16.4. The minimum atomic E-state index is -0.384. The van der Waals surface area contributed by atoms with Crippen molar-refractivity contribution in [2.75, 3.05) is 78.5 Å². The van der Waals surface area contributed by atoms with Crippen molar-refractivity contribution in [2.45, 2.75) is 52.1 Å². The highest BCUT2D eigenvalue weighted by Crippen LogP contribution is 2.04. The second kappa shape index (κ2) is 13.8. The van der Waals surface area contributed by atoms with Crippen molar-refractivity contribution in [2.24, 2.45) is 0 Å². The summed E-state index contributed by atoms with van der Waals surface area (Å²) in [5.74, 6) is 0. The van der Waals surface area contributed by atoms with Crippen LogP contribution in [0.5, 0.6) is 0 Å². The Labute approximate surface area is 171 Å². The lowest BCUT2D eigenvalue weighted by molar-refractivity contribution is 0.0576. The number of β-amino-alcohol motifs (C(OH)–C–C–N with tert-alkyl or cyclic N) is 4. The second-order valence-electron chi connectivity index (χ2n) is 8.60. The lowest BCUT2D eigenvalue weighted by atomic mass is 10.2. The van der Waals surface area contributed by atoms with E-state index in [1.807, 2.05) is 27.7 Å². The highest BCUT2D eigenvalue weighted by atomic mass is 16.3. The van der Waals surface area contributed by atoms with Crippen LogP contribution >= 0.6 is 0 Å². The van der Waals surface area contributed by atoms with E-state index < -0.39 is 0 Å². The SMILES string of the molecule is CC(O)CN1CCN(CC(C)O)CCN(CC(C)O)CCN(CC(C)O)CC1. The van der Waals surface area contributed by atoms with E-state index >= 15 is 0 Å². The Morgan fingerprint density at radius 3 is 0.679 bits per heavy atom. The Morgan fingerprint density at radius 2 is 0.571 bits per heavy atom. The van der Waals surface area contributed by atoms with Crippen LogP contribution in [0.15, 0.2) is 0 Å². The third-order valence-corrected chi connectivity index (χ3v) is 5.02. The van der Waals surface area contributed by atoms with Crippen molar-refractivity contribution in [1.29, 1.82) is 0 Å². The molecule has 0 radical (unpaired) electrons. The van der Waals surface area contributed by atoms with Crippen LogP contribution in [0.2, 0.25) is 0 Å². The fourth-order valence-corrected chi connectivity index (χ4v) is 3.80. The topological polar surface area (TPSA) is 93.9 Å². The van der Waals surface area contributed by atoms with Gasteiger partial charge in [-0.1, -0.05) is 0 Å². The average molecular weight is 405 g/mol. The number of hydrogen-bond donors (Lipinski definition) is 4. The van der Waals surface area contributed by atoms with Gasteiger partial charge in [-0.05, 0) is 27.7 Å². The number of nitrogens with zero attached hydrogens (tertiary/aromatic N) is 4.